The van der Waals surface area contributed by atoms with E-state index in [2.05, 4.69) is 16.0 Å². The van der Waals surface area contributed by atoms with Crippen LogP contribution in [0, 0.1) is 6.92 Å². The monoisotopic (exact) mass is 421 g/mol. The molecule has 4 rings (SSSR count). The molecule has 0 bridgehead atoms. The van der Waals surface area contributed by atoms with Crippen molar-refractivity contribution in [2.75, 3.05) is 19.0 Å². The van der Waals surface area contributed by atoms with Crippen LogP contribution in [0.15, 0.2) is 54.6 Å². The summed E-state index contributed by atoms with van der Waals surface area (Å²) in [6.07, 6.45) is 0. The number of carboxylic acid groups (broad SMARTS) is 1. The van der Waals surface area contributed by atoms with E-state index in [9.17, 15) is 9.90 Å². The van der Waals surface area contributed by atoms with Gasteiger partial charge in [-0.15, -0.1) is 0 Å². The average Bonchev–Trinajstić information content (AvgIpc) is 3.09. The molecule has 0 radical (unpaired) electrons. The van der Waals surface area contributed by atoms with Gasteiger partial charge in [0.15, 0.2) is 0 Å². The van der Waals surface area contributed by atoms with Crippen LogP contribution in [0.4, 0.5) is 5.69 Å². The third-order valence-corrected chi connectivity index (χ3v) is 5.19. The summed E-state index contributed by atoms with van der Waals surface area (Å²) in [5.74, 6) is -0.610. The van der Waals surface area contributed by atoms with Crippen LogP contribution in [0.3, 0.4) is 0 Å². The van der Waals surface area contributed by atoms with Gasteiger partial charge in [0, 0.05) is 25.3 Å². The van der Waals surface area contributed by atoms with Gasteiger partial charge in [0.05, 0.1) is 21.6 Å². The lowest BCUT2D eigenvalue weighted by Gasteiger charge is -2.14. The molecule has 0 amide bonds. The van der Waals surface area contributed by atoms with E-state index in [0.717, 1.165) is 22.3 Å². The predicted octanol–water partition coefficient (Wildman–Crippen LogP) is 5.75. The zero-order chi connectivity index (χ0) is 21.4. The fourth-order valence-electron chi connectivity index (χ4n) is 3.23. The second kappa shape index (κ2) is 7.72. The van der Waals surface area contributed by atoms with E-state index in [1.54, 1.807) is 19.1 Å². The molecule has 1 aromatic heterocycles. The quantitative estimate of drug-likeness (QED) is 0.429. The number of benzene rings is 3. The lowest BCUT2D eigenvalue weighted by atomic mass is 10.0. The normalized spacial score (nSPS) is 10.9. The number of nitrogens with one attached hydrogen (secondary N) is 1. The number of aromatic carboxylic acids is 1. The van der Waals surface area contributed by atoms with Crippen molar-refractivity contribution in [3.63, 3.8) is 0 Å². The first-order chi connectivity index (χ1) is 14.3. The van der Waals surface area contributed by atoms with Gasteiger partial charge in [0.25, 0.3) is 6.01 Å². The van der Waals surface area contributed by atoms with Crippen molar-refractivity contribution in [1.29, 1.82) is 0 Å². The summed E-state index contributed by atoms with van der Waals surface area (Å²) in [7, 11) is 3.98. The van der Waals surface area contributed by atoms with Crippen LogP contribution >= 0.6 is 11.6 Å². The molecule has 7 heteroatoms. The summed E-state index contributed by atoms with van der Waals surface area (Å²) in [5.41, 5.74) is 5.21. The van der Waals surface area contributed by atoms with E-state index >= 15 is 0 Å². The molecule has 30 heavy (non-hydrogen) atoms. The predicted molar refractivity (Wildman–Crippen MR) is 119 cm³/mol. The summed E-state index contributed by atoms with van der Waals surface area (Å²) in [6.45, 7) is 1.74. The Morgan fingerprint density at radius 3 is 2.67 bits per heavy atom. The van der Waals surface area contributed by atoms with Crippen molar-refractivity contribution < 1.29 is 14.6 Å². The number of hydrogen-bond acceptors (Lipinski definition) is 4. The summed E-state index contributed by atoms with van der Waals surface area (Å²) in [4.78, 5) is 21.0. The van der Waals surface area contributed by atoms with Gasteiger partial charge in [0.1, 0.15) is 5.75 Å². The van der Waals surface area contributed by atoms with Crippen molar-refractivity contribution in [3.8, 4) is 22.9 Å². The highest BCUT2D eigenvalue weighted by Gasteiger charge is 2.13. The second-order valence-electron chi connectivity index (χ2n) is 7.22. The maximum atomic E-state index is 11.3. The van der Waals surface area contributed by atoms with Gasteiger partial charge < -0.3 is 19.7 Å². The molecule has 1 heterocycles. The molecule has 0 unspecified atom stereocenters. The summed E-state index contributed by atoms with van der Waals surface area (Å²) < 4.78 is 5.77. The van der Waals surface area contributed by atoms with Crippen LogP contribution < -0.4 is 9.64 Å². The first-order valence-corrected chi connectivity index (χ1v) is 9.68. The molecule has 0 atom stereocenters. The number of fused-ring (bicyclic) bond motifs is 1. The van der Waals surface area contributed by atoms with Crippen LogP contribution in [0.5, 0.6) is 11.8 Å². The average molecular weight is 422 g/mol. The number of anilines is 1. The molecule has 3 aromatic carbocycles. The van der Waals surface area contributed by atoms with Crippen LogP contribution in [0.1, 0.15) is 15.9 Å². The number of H-pyrrole nitrogens is 1. The minimum absolute atomic E-state index is 0.190. The lowest BCUT2D eigenvalue weighted by Crippen LogP contribution is -2.08. The molecular weight excluding hydrogens is 402 g/mol. The largest absolute Gasteiger partial charge is 0.478 e. The maximum Gasteiger partial charge on any atom is 0.336 e. The smallest absolute Gasteiger partial charge is 0.336 e. The van der Waals surface area contributed by atoms with E-state index in [1.165, 1.54) is 6.07 Å². The van der Waals surface area contributed by atoms with E-state index in [4.69, 9.17) is 16.3 Å². The molecule has 0 saturated carbocycles. The van der Waals surface area contributed by atoms with E-state index in [0.29, 0.717) is 21.9 Å². The second-order valence-corrected chi connectivity index (χ2v) is 7.63. The third kappa shape index (κ3) is 3.82. The molecule has 4 aromatic rings. The summed E-state index contributed by atoms with van der Waals surface area (Å²) in [5, 5.41) is 9.89. The van der Waals surface area contributed by atoms with Crippen molar-refractivity contribution in [2.24, 2.45) is 0 Å². The van der Waals surface area contributed by atoms with Crippen LogP contribution in [-0.4, -0.2) is 35.1 Å². The van der Waals surface area contributed by atoms with Gasteiger partial charge >= 0.3 is 5.97 Å². The Kier molecular flexibility index (Phi) is 5.10. The first kappa shape index (κ1) is 19.8. The molecular formula is C23H20ClN3O3. The topological polar surface area (TPSA) is 78.5 Å². The van der Waals surface area contributed by atoms with Crippen molar-refractivity contribution in [3.05, 3.63) is 70.7 Å². The number of halogens is 1. The number of ether oxygens (including phenoxy) is 1. The highest BCUT2D eigenvalue weighted by molar-refractivity contribution is 6.34. The van der Waals surface area contributed by atoms with Gasteiger partial charge in [-0.2, -0.15) is 4.98 Å². The lowest BCUT2D eigenvalue weighted by molar-refractivity contribution is 0.0695. The van der Waals surface area contributed by atoms with Crippen LogP contribution in [-0.2, 0) is 0 Å². The number of hydrogen-bond donors (Lipinski definition) is 2. The fourth-order valence-corrected chi connectivity index (χ4v) is 3.51. The van der Waals surface area contributed by atoms with Crippen molar-refractivity contribution in [2.45, 2.75) is 6.92 Å². The molecule has 0 fully saturated rings. The maximum absolute atomic E-state index is 11.3. The van der Waals surface area contributed by atoms with Crippen molar-refractivity contribution in [1.82, 2.24) is 9.97 Å². The minimum Gasteiger partial charge on any atom is -0.478 e. The molecule has 2 N–H and O–H groups in total. The number of aromatic nitrogens is 2. The third-order valence-electron chi connectivity index (χ3n) is 4.88. The Morgan fingerprint density at radius 2 is 1.93 bits per heavy atom. The standard InChI is InChI=1S/C23H20ClN3O3/c1-13-7-8-16(10-17(13)22(28)29)30-23-25-20-11-18(19(24)12-21(20)26-23)14-5-4-6-15(9-14)27(2)3/h4-12H,1-3H3,(H,25,26)(H,28,29). The zero-order valence-corrected chi connectivity index (χ0v) is 17.5. The molecule has 6 nitrogen and oxygen atoms in total. The molecule has 0 aliphatic heterocycles. The number of imidazole rings is 1. The van der Waals surface area contributed by atoms with E-state index in [1.807, 2.05) is 49.3 Å². The Labute approximate surface area is 178 Å². The minimum atomic E-state index is -1.00. The molecule has 0 aliphatic rings. The van der Waals surface area contributed by atoms with Crippen LogP contribution in [0.2, 0.25) is 5.02 Å². The molecule has 0 saturated heterocycles. The van der Waals surface area contributed by atoms with Gasteiger partial charge in [-0.1, -0.05) is 29.8 Å². The van der Waals surface area contributed by atoms with E-state index < -0.39 is 5.97 Å². The first-order valence-electron chi connectivity index (χ1n) is 9.30. The van der Waals surface area contributed by atoms with Crippen LogP contribution in [0.25, 0.3) is 22.2 Å². The number of aryl methyl sites for hydroxylation is 1. The van der Waals surface area contributed by atoms with Crippen molar-refractivity contribution >= 4 is 34.3 Å². The highest BCUT2D eigenvalue weighted by atomic mass is 35.5. The SMILES string of the molecule is Cc1ccc(Oc2nc3cc(-c4cccc(N(C)C)c4)c(Cl)cc3[nH]2)cc1C(=O)O. The van der Waals surface area contributed by atoms with Gasteiger partial charge in [-0.25, -0.2) is 4.79 Å². The van der Waals surface area contributed by atoms with Gasteiger partial charge in [-0.3, -0.25) is 0 Å². The zero-order valence-electron chi connectivity index (χ0n) is 16.7. The summed E-state index contributed by atoms with van der Waals surface area (Å²) in [6, 6.07) is 17.0. The number of carbonyl (C=O) groups is 1. The fraction of sp³-hybridized carbons (Fsp3) is 0.130. The number of aromatic amines is 1. The number of rotatable bonds is 5. The van der Waals surface area contributed by atoms with Gasteiger partial charge in [-0.05, 0) is 54.4 Å². The Morgan fingerprint density at radius 1 is 1.13 bits per heavy atom. The number of nitrogens with zero attached hydrogens (tertiary/aromatic N) is 2. The Hall–Kier alpha value is -3.51. The van der Waals surface area contributed by atoms with Gasteiger partial charge in [0.2, 0.25) is 0 Å². The molecule has 0 aliphatic carbocycles. The molecule has 152 valence electrons. The molecule has 0 spiro atoms. The highest BCUT2D eigenvalue weighted by Crippen LogP contribution is 2.34. The Balaban J connectivity index is 1.70. The Bertz CT molecular complexity index is 1260. The number of carboxylic acids is 1. The van der Waals surface area contributed by atoms with E-state index in [-0.39, 0.29) is 11.6 Å². The summed E-state index contributed by atoms with van der Waals surface area (Å²) >= 11 is 6.54.